The Balaban J connectivity index is 1.72. The molecule has 2 atom stereocenters. The predicted octanol–water partition coefficient (Wildman–Crippen LogP) is 3.82. The first-order valence-electron chi connectivity index (χ1n) is 8.56. The lowest BCUT2D eigenvalue weighted by molar-refractivity contribution is -0.119. The van der Waals surface area contributed by atoms with Crippen molar-refractivity contribution < 1.29 is 18.0 Å². The zero-order chi connectivity index (χ0) is 20.5. The Kier molecular flexibility index (Phi) is 6.02. The number of fused-ring (bicyclic) bond motifs is 1. The average molecular weight is 439 g/mol. The van der Waals surface area contributed by atoms with Gasteiger partial charge in [0.15, 0.2) is 9.84 Å². The number of halogens is 1. The van der Waals surface area contributed by atoms with E-state index in [-0.39, 0.29) is 21.8 Å². The summed E-state index contributed by atoms with van der Waals surface area (Å²) in [5, 5.41) is 5.71. The van der Waals surface area contributed by atoms with Gasteiger partial charge in [0.05, 0.1) is 21.6 Å². The van der Waals surface area contributed by atoms with Crippen LogP contribution in [0.15, 0.2) is 52.3 Å². The smallest absolute Gasteiger partial charge is 0.237 e. The zero-order valence-electron chi connectivity index (χ0n) is 15.2. The van der Waals surface area contributed by atoms with E-state index in [2.05, 4.69) is 10.6 Å². The van der Waals surface area contributed by atoms with Crippen LogP contribution in [0.3, 0.4) is 0 Å². The van der Waals surface area contributed by atoms with Gasteiger partial charge < -0.3 is 10.6 Å². The zero-order valence-corrected chi connectivity index (χ0v) is 17.6. The van der Waals surface area contributed by atoms with Crippen LogP contribution in [0.4, 0.5) is 11.4 Å². The molecule has 2 aromatic carbocycles. The van der Waals surface area contributed by atoms with Crippen molar-refractivity contribution in [2.24, 2.45) is 5.92 Å². The second-order valence-corrected chi connectivity index (χ2v) is 10.4. The highest BCUT2D eigenvalue weighted by atomic mass is 35.5. The summed E-state index contributed by atoms with van der Waals surface area (Å²) in [7, 11) is -3.71. The summed E-state index contributed by atoms with van der Waals surface area (Å²) in [6, 6.07) is 11.2. The molecule has 0 radical (unpaired) electrons. The van der Waals surface area contributed by atoms with E-state index in [1.54, 1.807) is 44.2 Å². The molecule has 0 bridgehead atoms. The van der Waals surface area contributed by atoms with Crippen LogP contribution in [0.1, 0.15) is 13.8 Å². The molecule has 0 unspecified atom stereocenters. The van der Waals surface area contributed by atoms with Gasteiger partial charge in [0.2, 0.25) is 11.8 Å². The number of carbonyl (C=O) groups is 2. The summed E-state index contributed by atoms with van der Waals surface area (Å²) >= 11 is 7.19. The number of rotatable bonds is 5. The Morgan fingerprint density at radius 2 is 1.93 bits per heavy atom. The minimum absolute atomic E-state index is 0.0767. The van der Waals surface area contributed by atoms with Gasteiger partial charge in [0.25, 0.3) is 0 Å². The Morgan fingerprint density at radius 1 is 1.25 bits per heavy atom. The quantitative estimate of drug-likeness (QED) is 0.740. The number of anilines is 2. The molecule has 6 nitrogen and oxygen atoms in total. The second-order valence-electron chi connectivity index (χ2n) is 6.59. The fourth-order valence-corrected chi connectivity index (χ4v) is 5.31. The molecule has 2 N–H and O–H groups in total. The molecule has 2 aromatic rings. The Morgan fingerprint density at radius 3 is 2.61 bits per heavy atom. The molecule has 9 heteroatoms. The molecule has 0 saturated carbocycles. The van der Waals surface area contributed by atoms with Crippen molar-refractivity contribution in [1.29, 1.82) is 0 Å². The minimum atomic E-state index is -3.71. The Labute approximate surface area is 173 Å². The summed E-state index contributed by atoms with van der Waals surface area (Å²) in [5.41, 5.74) is 1.02. The maximum absolute atomic E-state index is 12.8. The molecule has 1 aliphatic heterocycles. The lowest BCUT2D eigenvalue weighted by Crippen LogP contribution is -2.28. The molecule has 0 aromatic heterocycles. The van der Waals surface area contributed by atoms with Crippen molar-refractivity contribution in [2.45, 2.75) is 28.9 Å². The van der Waals surface area contributed by atoms with Gasteiger partial charge in [-0.15, -0.1) is 11.8 Å². The third kappa shape index (κ3) is 4.68. The molecule has 0 saturated heterocycles. The number of benzene rings is 2. The maximum atomic E-state index is 12.8. The van der Waals surface area contributed by atoms with E-state index in [1.807, 2.05) is 0 Å². The summed E-state index contributed by atoms with van der Waals surface area (Å²) in [6.07, 6.45) is 0. The lowest BCUT2D eigenvalue weighted by Gasteiger charge is -2.22. The standard InChI is InChI=1S/C19H19ClN2O4S2/c1-11(18(23)21-14-5-3-13(20)4-6-14)10-28(25,26)15-7-8-17-16(9-15)22-19(24)12(2)27-17/h3-9,11-12H,10H2,1-2H3,(H,21,23)(H,22,24)/t11-,12-/m0/s1. The van der Waals surface area contributed by atoms with Gasteiger partial charge in [0.1, 0.15) is 0 Å². The third-order valence-corrected chi connectivity index (χ3v) is 7.61. The van der Waals surface area contributed by atoms with Gasteiger partial charge in [-0.2, -0.15) is 0 Å². The minimum Gasteiger partial charge on any atom is -0.326 e. The molecular formula is C19H19ClN2O4S2. The van der Waals surface area contributed by atoms with E-state index >= 15 is 0 Å². The van der Waals surface area contributed by atoms with Gasteiger partial charge in [-0.3, -0.25) is 9.59 Å². The van der Waals surface area contributed by atoms with E-state index in [0.717, 1.165) is 4.90 Å². The number of hydrogen-bond donors (Lipinski definition) is 2. The van der Waals surface area contributed by atoms with Crippen molar-refractivity contribution >= 4 is 56.4 Å². The number of amides is 2. The van der Waals surface area contributed by atoms with Gasteiger partial charge in [-0.25, -0.2) is 8.42 Å². The van der Waals surface area contributed by atoms with Gasteiger partial charge in [-0.1, -0.05) is 18.5 Å². The molecular weight excluding hydrogens is 420 g/mol. The Bertz CT molecular complexity index is 1020. The highest BCUT2D eigenvalue weighted by Gasteiger charge is 2.27. The van der Waals surface area contributed by atoms with E-state index in [0.29, 0.717) is 16.4 Å². The number of carbonyl (C=O) groups excluding carboxylic acids is 2. The van der Waals surface area contributed by atoms with Crippen LogP contribution in [-0.4, -0.2) is 31.2 Å². The monoisotopic (exact) mass is 438 g/mol. The summed E-state index contributed by atoms with van der Waals surface area (Å²) in [5.74, 6) is -1.67. The molecule has 148 valence electrons. The van der Waals surface area contributed by atoms with E-state index in [9.17, 15) is 18.0 Å². The number of sulfone groups is 1. The average Bonchev–Trinajstić information content (AvgIpc) is 2.63. The molecule has 28 heavy (non-hydrogen) atoms. The predicted molar refractivity (Wildman–Crippen MR) is 112 cm³/mol. The highest BCUT2D eigenvalue weighted by molar-refractivity contribution is 8.01. The van der Waals surface area contributed by atoms with Gasteiger partial charge in [0, 0.05) is 21.5 Å². The van der Waals surface area contributed by atoms with Crippen LogP contribution in [0.25, 0.3) is 0 Å². The van der Waals surface area contributed by atoms with Crippen molar-refractivity contribution in [3.05, 3.63) is 47.5 Å². The molecule has 0 aliphatic carbocycles. The maximum Gasteiger partial charge on any atom is 0.237 e. The van der Waals surface area contributed by atoms with Crippen molar-refractivity contribution in [3.63, 3.8) is 0 Å². The first-order chi connectivity index (χ1) is 13.2. The summed E-state index contributed by atoms with van der Waals surface area (Å²) < 4.78 is 25.5. The lowest BCUT2D eigenvalue weighted by atomic mass is 10.2. The van der Waals surface area contributed by atoms with Gasteiger partial charge in [-0.05, 0) is 49.4 Å². The second kappa shape index (κ2) is 8.14. The van der Waals surface area contributed by atoms with E-state index in [1.165, 1.54) is 23.9 Å². The first kappa shape index (κ1) is 20.7. The van der Waals surface area contributed by atoms with E-state index < -0.39 is 21.7 Å². The molecule has 2 amide bonds. The molecule has 1 heterocycles. The molecule has 3 rings (SSSR count). The number of hydrogen-bond acceptors (Lipinski definition) is 5. The van der Waals surface area contributed by atoms with Crippen molar-refractivity contribution in [1.82, 2.24) is 0 Å². The SMILES string of the molecule is C[C@@H]1Sc2ccc(S(=O)(=O)C[C@H](C)C(=O)Nc3ccc(Cl)cc3)cc2NC1=O. The van der Waals surface area contributed by atoms with Crippen molar-refractivity contribution in [3.8, 4) is 0 Å². The fraction of sp³-hybridized carbons (Fsp3) is 0.263. The highest BCUT2D eigenvalue weighted by Crippen LogP contribution is 2.37. The van der Waals surface area contributed by atoms with Gasteiger partial charge >= 0.3 is 0 Å². The van der Waals surface area contributed by atoms with E-state index in [4.69, 9.17) is 11.6 Å². The number of nitrogens with one attached hydrogen (secondary N) is 2. The van der Waals surface area contributed by atoms with Crippen LogP contribution in [-0.2, 0) is 19.4 Å². The van der Waals surface area contributed by atoms with Crippen molar-refractivity contribution in [2.75, 3.05) is 16.4 Å². The normalized spacial score (nSPS) is 17.4. The van der Waals surface area contributed by atoms with Crippen LogP contribution < -0.4 is 10.6 Å². The first-order valence-corrected chi connectivity index (χ1v) is 11.5. The number of thioether (sulfide) groups is 1. The topological polar surface area (TPSA) is 92.3 Å². The largest absolute Gasteiger partial charge is 0.326 e. The summed E-state index contributed by atoms with van der Waals surface area (Å²) in [4.78, 5) is 25.1. The molecule has 1 aliphatic rings. The van der Waals surface area contributed by atoms with Crippen LogP contribution in [0, 0.1) is 5.92 Å². The van der Waals surface area contributed by atoms with Crippen LogP contribution in [0.5, 0.6) is 0 Å². The molecule has 0 spiro atoms. The summed E-state index contributed by atoms with van der Waals surface area (Å²) in [6.45, 7) is 3.34. The third-order valence-electron chi connectivity index (χ3n) is 4.27. The van der Waals surface area contributed by atoms with Crippen LogP contribution in [0.2, 0.25) is 5.02 Å². The Hall–Kier alpha value is -2.03. The fourth-order valence-electron chi connectivity index (χ4n) is 2.68. The molecule has 0 fully saturated rings. The van der Waals surface area contributed by atoms with Crippen LogP contribution >= 0.6 is 23.4 Å².